The van der Waals surface area contributed by atoms with Crippen LogP contribution in [0, 0.1) is 5.95 Å². The van der Waals surface area contributed by atoms with Crippen molar-refractivity contribution in [3.05, 3.63) is 91.1 Å². The molecule has 2 aromatic carbocycles. The number of aromatic nitrogens is 3. The zero-order valence-electron chi connectivity index (χ0n) is 15.4. The molecule has 2 heterocycles. The van der Waals surface area contributed by atoms with Gasteiger partial charge in [-0.25, -0.2) is 9.97 Å². The molecule has 0 atom stereocenters. The van der Waals surface area contributed by atoms with Crippen molar-refractivity contribution in [1.29, 1.82) is 0 Å². The van der Waals surface area contributed by atoms with Gasteiger partial charge in [0.2, 0.25) is 5.95 Å². The second-order valence-corrected chi connectivity index (χ2v) is 5.68. The molecule has 5 nitrogen and oxygen atoms in total. The number of hydrogen-bond donors (Lipinski definition) is 2. The summed E-state index contributed by atoms with van der Waals surface area (Å²) in [6.07, 6.45) is 5.06. The molecule has 0 amide bonds. The van der Waals surface area contributed by atoms with E-state index in [0.717, 1.165) is 17.1 Å². The smallest absolute Gasteiger partial charge is 0.213 e. The minimum absolute atomic E-state index is 0.496. The Kier molecular flexibility index (Phi) is 6.62. The number of hydrogen-bond acceptors (Lipinski definition) is 4. The van der Waals surface area contributed by atoms with Crippen LogP contribution < -0.4 is 5.32 Å². The topological polar surface area (TPSA) is 66.0 Å². The van der Waals surface area contributed by atoms with Gasteiger partial charge in [-0.3, -0.25) is 4.99 Å². The highest BCUT2D eigenvalue weighted by molar-refractivity contribution is 5.75. The van der Waals surface area contributed by atoms with Crippen LogP contribution in [-0.2, 0) is 0 Å². The molecule has 140 valence electrons. The number of halogens is 1. The average molecular weight is 373 g/mol. The highest BCUT2D eigenvalue weighted by Gasteiger charge is 2.01. The number of nitrogens with one attached hydrogen (secondary N) is 2. The highest BCUT2D eigenvalue weighted by atomic mass is 19.1. The summed E-state index contributed by atoms with van der Waals surface area (Å²) < 4.78 is 12.6. The maximum absolute atomic E-state index is 12.6. The summed E-state index contributed by atoms with van der Waals surface area (Å²) in [4.78, 5) is 14.8. The first-order valence-corrected chi connectivity index (χ1v) is 8.78. The predicted octanol–water partition coefficient (Wildman–Crippen LogP) is 5.76. The maximum atomic E-state index is 12.6. The number of rotatable bonds is 4. The van der Waals surface area contributed by atoms with E-state index in [9.17, 15) is 4.39 Å². The Morgan fingerprint density at radius 3 is 2.46 bits per heavy atom. The first-order valence-electron chi connectivity index (χ1n) is 8.78. The van der Waals surface area contributed by atoms with Gasteiger partial charge in [-0.15, -0.1) is 0 Å². The van der Waals surface area contributed by atoms with Crippen LogP contribution in [0.4, 0.5) is 21.5 Å². The molecule has 0 aliphatic rings. The largest absolute Gasteiger partial charge is 0.354 e. The Morgan fingerprint density at radius 2 is 1.75 bits per heavy atom. The summed E-state index contributed by atoms with van der Waals surface area (Å²) in [7, 11) is 0. The SMILES string of the molecule is CC=Nc1ccccc1Nc1ccccc1.Fc1cccc(-c2ncc[nH]2)n1. The van der Waals surface area contributed by atoms with Crippen molar-refractivity contribution in [2.24, 2.45) is 4.99 Å². The van der Waals surface area contributed by atoms with Gasteiger partial charge in [0.25, 0.3) is 0 Å². The number of pyridine rings is 1. The van der Waals surface area contributed by atoms with Crippen LogP contribution in [0.3, 0.4) is 0 Å². The van der Waals surface area contributed by atoms with Crippen LogP contribution in [0.2, 0.25) is 0 Å². The lowest BCUT2D eigenvalue weighted by atomic mass is 10.2. The number of anilines is 2. The summed E-state index contributed by atoms with van der Waals surface area (Å²) in [5, 5.41) is 3.34. The monoisotopic (exact) mass is 373 g/mol. The molecular weight excluding hydrogens is 353 g/mol. The maximum Gasteiger partial charge on any atom is 0.213 e. The Labute approximate surface area is 163 Å². The summed E-state index contributed by atoms with van der Waals surface area (Å²) in [6.45, 7) is 1.92. The van der Waals surface area contributed by atoms with E-state index in [4.69, 9.17) is 0 Å². The minimum Gasteiger partial charge on any atom is -0.354 e. The van der Waals surface area contributed by atoms with E-state index >= 15 is 0 Å². The van der Waals surface area contributed by atoms with Gasteiger partial charge in [0.05, 0.1) is 11.4 Å². The molecule has 0 radical (unpaired) electrons. The number of aromatic amines is 1. The van der Waals surface area contributed by atoms with Crippen molar-refractivity contribution < 1.29 is 4.39 Å². The molecule has 4 rings (SSSR count). The number of aliphatic imine (C=N–C) groups is 1. The Morgan fingerprint density at radius 1 is 0.964 bits per heavy atom. The van der Waals surface area contributed by atoms with Crippen LogP contribution in [-0.4, -0.2) is 21.2 Å². The number of H-pyrrole nitrogens is 1. The first kappa shape index (κ1) is 19.0. The molecule has 0 spiro atoms. The number of imidazole rings is 1. The quantitative estimate of drug-likeness (QED) is 0.353. The lowest BCUT2D eigenvalue weighted by Gasteiger charge is -2.08. The summed E-state index contributed by atoms with van der Waals surface area (Å²) in [5.41, 5.74) is 3.56. The Balaban J connectivity index is 0.000000167. The molecular formula is C22H20FN5. The van der Waals surface area contributed by atoms with Crippen molar-refractivity contribution in [3.8, 4) is 11.5 Å². The molecule has 4 aromatic rings. The molecule has 0 bridgehead atoms. The summed E-state index contributed by atoms with van der Waals surface area (Å²) in [5.74, 6) is 0.0819. The fourth-order valence-corrected chi connectivity index (χ4v) is 2.45. The van der Waals surface area contributed by atoms with Gasteiger partial charge < -0.3 is 10.3 Å². The Bertz CT molecular complexity index is 1010. The van der Waals surface area contributed by atoms with Gasteiger partial charge in [-0.05, 0) is 43.3 Å². The van der Waals surface area contributed by atoms with Crippen molar-refractivity contribution in [2.75, 3.05) is 5.32 Å². The van der Waals surface area contributed by atoms with Gasteiger partial charge in [-0.2, -0.15) is 4.39 Å². The zero-order valence-corrected chi connectivity index (χ0v) is 15.4. The van der Waals surface area contributed by atoms with Crippen LogP contribution in [0.5, 0.6) is 0 Å². The third kappa shape index (κ3) is 5.35. The summed E-state index contributed by atoms with van der Waals surface area (Å²) in [6, 6.07) is 22.7. The van der Waals surface area contributed by atoms with Gasteiger partial charge in [0, 0.05) is 24.3 Å². The van der Waals surface area contributed by atoms with Crippen molar-refractivity contribution in [2.45, 2.75) is 6.92 Å². The standard InChI is InChI=1S/C14H14N2.C8H6FN3/c1-2-15-13-10-6-7-11-14(13)16-12-8-4-3-5-9-12;9-7-3-1-2-6(12-7)8-10-4-5-11-8/h2-11,16H,1H3;1-5H,(H,10,11). The molecule has 2 N–H and O–H groups in total. The third-order valence-corrected chi connectivity index (χ3v) is 3.68. The fraction of sp³-hybridized carbons (Fsp3) is 0.0455. The van der Waals surface area contributed by atoms with E-state index < -0.39 is 5.95 Å². The van der Waals surface area contributed by atoms with Crippen LogP contribution >= 0.6 is 0 Å². The molecule has 0 saturated heterocycles. The van der Waals surface area contributed by atoms with Gasteiger partial charge in [0.1, 0.15) is 5.69 Å². The fourth-order valence-electron chi connectivity index (χ4n) is 2.45. The third-order valence-electron chi connectivity index (χ3n) is 3.68. The molecule has 0 saturated carbocycles. The second-order valence-electron chi connectivity index (χ2n) is 5.68. The molecule has 0 aliphatic heterocycles. The lowest BCUT2D eigenvalue weighted by molar-refractivity contribution is 0.585. The first-order chi connectivity index (χ1) is 13.8. The summed E-state index contributed by atoms with van der Waals surface area (Å²) >= 11 is 0. The van der Waals surface area contributed by atoms with Crippen molar-refractivity contribution in [3.63, 3.8) is 0 Å². The number of benzene rings is 2. The average Bonchev–Trinajstić information content (AvgIpc) is 3.26. The van der Waals surface area contributed by atoms with Gasteiger partial charge in [-0.1, -0.05) is 36.4 Å². The molecule has 6 heteroatoms. The van der Waals surface area contributed by atoms with E-state index in [2.05, 4.69) is 25.3 Å². The van der Waals surface area contributed by atoms with Crippen molar-refractivity contribution in [1.82, 2.24) is 15.0 Å². The van der Waals surface area contributed by atoms with Crippen LogP contribution in [0.25, 0.3) is 11.5 Å². The number of para-hydroxylation sites is 3. The van der Waals surface area contributed by atoms with E-state index in [1.54, 1.807) is 30.7 Å². The molecule has 0 unspecified atom stereocenters. The highest BCUT2D eigenvalue weighted by Crippen LogP contribution is 2.27. The van der Waals surface area contributed by atoms with Crippen molar-refractivity contribution >= 4 is 23.3 Å². The Hall–Kier alpha value is -3.80. The van der Waals surface area contributed by atoms with Crippen LogP contribution in [0.15, 0.2) is 90.2 Å². The van der Waals surface area contributed by atoms with Gasteiger partial charge in [0.15, 0.2) is 5.82 Å². The van der Waals surface area contributed by atoms with E-state index in [1.807, 2.05) is 61.5 Å². The van der Waals surface area contributed by atoms with E-state index in [1.165, 1.54) is 6.07 Å². The molecule has 0 aliphatic carbocycles. The minimum atomic E-state index is -0.496. The van der Waals surface area contributed by atoms with Gasteiger partial charge >= 0.3 is 0 Å². The molecule has 0 fully saturated rings. The normalized spacial score (nSPS) is 10.4. The van der Waals surface area contributed by atoms with E-state index in [0.29, 0.717) is 11.5 Å². The van der Waals surface area contributed by atoms with Crippen LogP contribution in [0.1, 0.15) is 6.92 Å². The number of nitrogens with zero attached hydrogens (tertiary/aromatic N) is 3. The van der Waals surface area contributed by atoms with E-state index in [-0.39, 0.29) is 0 Å². The predicted molar refractivity (Wildman–Crippen MR) is 112 cm³/mol. The molecule has 28 heavy (non-hydrogen) atoms. The molecule has 2 aromatic heterocycles. The lowest BCUT2D eigenvalue weighted by Crippen LogP contribution is -1.89. The zero-order chi connectivity index (χ0) is 19.6. The second kappa shape index (κ2) is 9.78.